The predicted octanol–water partition coefficient (Wildman–Crippen LogP) is -0.155. The van der Waals surface area contributed by atoms with E-state index in [4.69, 9.17) is 10.2 Å². The van der Waals surface area contributed by atoms with Gasteiger partial charge in [-0.2, -0.15) is 0 Å². The van der Waals surface area contributed by atoms with E-state index in [1.807, 2.05) is 0 Å². The van der Waals surface area contributed by atoms with Gasteiger partial charge in [-0.1, -0.05) is 0 Å². The van der Waals surface area contributed by atoms with E-state index in [0.29, 0.717) is 12.1 Å². The van der Waals surface area contributed by atoms with Crippen molar-refractivity contribution >= 4 is 21.7 Å². The van der Waals surface area contributed by atoms with E-state index < -0.39 is 49.7 Å². The summed E-state index contributed by atoms with van der Waals surface area (Å²) in [5.41, 5.74) is -0.857. The van der Waals surface area contributed by atoms with Crippen molar-refractivity contribution in [2.75, 3.05) is 6.61 Å². The zero-order valence-corrected chi connectivity index (χ0v) is 9.89. The highest BCUT2D eigenvalue weighted by Crippen LogP contribution is 2.31. The van der Waals surface area contributed by atoms with Gasteiger partial charge in [0.1, 0.15) is 4.90 Å². The quantitative estimate of drug-likeness (QED) is 0.565. The van der Waals surface area contributed by atoms with Crippen LogP contribution in [0.1, 0.15) is 0 Å². The fourth-order valence-electron chi connectivity index (χ4n) is 1.15. The molecule has 0 spiro atoms. The molecule has 1 aromatic carbocycles. The van der Waals surface area contributed by atoms with Gasteiger partial charge in [-0.05, 0) is 0 Å². The molecule has 0 saturated carbocycles. The number of carbonyl (C=O) groups is 1. The van der Waals surface area contributed by atoms with Gasteiger partial charge in [-0.3, -0.25) is 10.1 Å². The fraction of sp³-hybridized carbons (Fsp3) is 0.125. The molecule has 104 valence electrons. The lowest BCUT2D eigenvalue weighted by Gasteiger charge is -2.09. The number of nitrogens with two attached hydrogens (primary N) is 1. The molecule has 0 saturated heterocycles. The molecule has 0 aromatic heterocycles. The smallest absolute Gasteiger partial charge is 0.341 e. The van der Waals surface area contributed by atoms with Crippen molar-refractivity contribution in [3.05, 3.63) is 28.1 Å². The molecule has 0 fully saturated rings. The Bertz CT molecular complexity index is 643. The summed E-state index contributed by atoms with van der Waals surface area (Å²) in [5, 5.41) is 23.6. The van der Waals surface area contributed by atoms with Crippen LogP contribution in [0.2, 0.25) is 0 Å². The third-order valence-electron chi connectivity index (χ3n) is 1.85. The normalized spacial score (nSPS) is 11.1. The zero-order chi connectivity index (χ0) is 14.8. The van der Waals surface area contributed by atoms with Gasteiger partial charge in [0.15, 0.2) is 18.2 Å². The van der Waals surface area contributed by atoms with Gasteiger partial charge >= 0.3 is 5.97 Å². The molecular weight excluding hydrogens is 287 g/mol. The second kappa shape index (κ2) is 5.16. The van der Waals surface area contributed by atoms with Crippen molar-refractivity contribution in [3.63, 3.8) is 0 Å². The summed E-state index contributed by atoms with van der Waals surface area (Å²) in [6.07, 6.45) is 0. The third kappa shape index (κ3) is 3.59. The first-order chi connectivity index (χ1) is 8.62. The molecule has 0 heterocycles. The Morgan fingerprint density at radius 2 is 2.11 bits per heavy atom. The van der Waals surface area contributed by atoms with Crippen LogP contribution in [0.15, 0.2) is 17.0 Å². The summed E-state index contributed by atoms with van der Waals surface area (Å²) in [6.45, 7) is -1.03. The van der Waals surface area contributed by atoms with Crippen LogP contribution in [0.25, 0.3) is 0 Å². The number of nitrogens with zero attached hydrogens (tertiary/aromatic N) is 1. The predicted molar refractivity (Wildman–Crippen MR) is 57.6 cm³/mol. The maximum Gasteiger partial charge on any atom is 0.341 e. The van der Waals surface area contributed by atoms with E-state index in [0.717, 1.165) is 0 Å². The molecule has 1 aromatic rings. The van der Waals surface area contributed by atoms with Crippen LogP contribution in [-0.4, -0.2) is 31.0 Å². The molecule has 3 N–H and O–H groups in total. The lowest BCUT2D eigenvalue weighted by molar-refractivity contribution is -0.385. The number of carboxylic acid groups (broad SMARTS) is 1. The number of hydrogen-bond donors (Lipinski definition) is 2. The highest BCUT2D eigenvalue weighted by Gasteiger charge is 2.25. The molecule has 0 aliphatic rings. The summed E-state index contributed by atoms with van der Waals surface area (Å²) in [7, 11) is -4.52. The topological polar surface area (TPSA) is 150 Å². The van der Waals surface area contributed by atoms with E-state index in [9.17, 15) is 27.7 Å². The van der Waals surface area contributed by atoms with Gasteiger partial charge < -0.3 is 9.84 Å². The molecule has 19 heavy (non-hydrogen) atoms. The Morgan fingerprint density at radius 3 is 2.53 bits per heavy atom. The molecule has 9 nitrogen and oxygen atoms in total. The summed E-state index contributed by atoms with van der Waals surface area (Å²) in [5.74, 6) is -3.87. The summed E-state index contributed by atoms with van der Waals surface area (Å²) >= 11 is 0. The highest BCUT2D eigenvalue weighted by molar-refractivity contribution is 7.89. The van der Waals surface area contributed by atoms with Crippen LogP contribution >= 0.6 is 0 Å². The van der Waals surface area contributed by atoms with Crippen molar-refractivity contribution in [2.45, 2.75) is 4.90 Å². The molecule has 0 atom stereocenters. The SMILES string of the molecule is NS(=O)(=O)c1cc([N+](=O)[O-])cc(F)c1OCC(=O)O. The maximum atomic E-state index is 13.5. The Kier molecular flexibility index (Phi) is 4.01. The number of nitro benzene ring substituents is 1. The number of nitro groups is 1. The van der Waals surface area contributed by atoms with E-state index in [1.165, 1.54) is 0 Å². The molecular formula is C8H7FN2O7S. The molecule has 0 amide bonds. The van der Waals surface area contributed by atoms with E-state index in [2.05, 4.69) is 4.74 Å². The largest absolute Gasteiger partial charge is 0.479 e. The minimum atomic E-state index is -4.52. The number of non-ortho nitro benzene ring substituents is 1. The second-order valence-corrected chi connectivity index (χ2v) is 4.77. The second-order valence-electron chi connectivity index (χ2n) is 3.24. The lowest BCUT2D eigenvalue weighted by Crippen LogP contribution is -2.17. The first-order valence-corrected chi connectivity index (χ1v) is 6.03. The Hall–Kier alpha value is -2.27. The fourth-order valence-corrected chi connectivity index (χ4v) is 1.85. The minimum absolute atomic E-state index is 0.395. The van der Waals surface area contributed by atoms with Gasteiger partial charge in [0.05, 0.1) is 11.0 Å². The number of aliphatic carboxylic acids is 1. The number of rotatable bonds is 5. The van der Waals surface area contributed by atoms with E-state index >= 15 is 0 Å². The molecule has 0 unspecified atom stereocenters. The molecule has 1 rings (SSSR count). The van der Waals surface area contributed by atoms with Gasteiger partial charge in [-0.25, -0.2) is 22.7 Å². The Labute approximate surface area is 105 Å². The Balaban J connectivity index is 3.44. The number of hydrogen-bond acceptors (Lipinski definition) is 6. The van der Waals surface area contributed by atoms with Crippen LogP contribution in [0, 0.1) is 15.9 Å². The first-order valence-electron chi connectivity index (χ1n) is 4.48. The van der Waals surface area contributed by atoms with Crippen LogP contribution in [0.5, 0.6) is 5.75 Å². The molecule has 0 aliphatic heterocycles. The average Bonchev–Trinajstić information content (AvgIpc) is 2.24. The zero-order valence-electron chi connectivity index (χ0n) is 9.07. The summed E-state index contributed by atoms with van der Waals surface area (Å²) in [4.78, 5) is 18.7. The van der Waals surface area contributed by atoms with Crippen molar-refractivity contribution < 1.29 is 32.4 Å². The number of halogens is 1. The van der Waals surface area contributed by atoms with Crippen LogP contribution in [-0.2, 0) is 14.8 Å². The number of primary sulfonamides is 1. The van der Waals surface area contributed by atoms with Crippen molar-refractivity contribution in [2.24, 2.45) is 5.14 Å². The third-order valence-corrected chi connectivity index (χ3v) is 2.77. The van der Waals surface area contributed by atoms with Crippen LogP contribution in [0.3, 0.4) is 0 Å². The van der Waals surface area contributed by atoms with E-state index in [1.54, 1.807) is 0 Å². The average molecular weight is 294 g/mol. The monoisotopic (exact) mass is 294 g/mol. The number of sulfonamides is 1. The molecule has 11 heteroatoms. The molecule has 0 bridgehead atoms. The number of ether oxygens (including phenoxy) is 1. The van der Waals surface area contributed by atoms with Crippen LogP contribution < -0.4 is 9.88 Å². The van der Waals surface area contributed by atoms with E-state index in [-0.39, 0.29) is 0 Å². The van der Waals surface area contributed by atoms with Gasteiger partial charge in [0.2, 0.25) is 10.0 Å². The maximum absolute atomic E-state index is 13.5. The minimum Gasteiger partial charge on any atom is -0.479 e. The highest BCUT2D eigenvalue weighted by atomic mass is 32.2. The van der Waals surface area contributed by atoms with Crippen molar-refractivity contribution in [3.8, 4) is 5.75 Å². The first kappa shape index (κ1) is 14.8. The lowest BCUT2D eigenvalue weighted by atomic mass is 10.3. The molecule has 0 radical (unpaired) electrons. The summed E-state index contributed by atoms with van der Waals surface area (Å²) in [6, 6.07) is 0.876. The Morgan fingerprint density at radius 1 is 1.53 bits per heavy atom. The number of benzene rings is 1. The van der Waals surface area contributed by atoms with Gasteiger partial charge in [0.25, 0.3) is 5.69 Å². The van der Waals surface area contributed by atoms with Crippen LogP contribution in [0.4, 0.5) is 10.1 Å². The summed E-state index contributed by atoms with van der Waals surface area (Å²) < 4.78 is 40.3. The standard InChI is InChI=1S/C8H7FN2O7S/c9-5-1-4(11(14)15)2-6(19(10,16)17)8(5)18-3-7(12)13/h1-2H,3H2,(H,12,13)(H2,10,16,17). The number of carboxylic acids is 1. The van der Waals surface area contributed by atoms with Crippen molar-refractivity contribution in [1.82, 2.24) is 0 Å². The van der Waals surface area contributed by atoms with Gasteiger partial charge in [0, 0.05) is 6.07 Å². The molecule has 0 aliphatic carbocycles. The van der Waals surface area contributed by atoms with Gasteiger partial charge in [-0.15, -0.1) is 0 Å². The van der Waals surface area contributed by atoms with Crippen molar-refractivity contribution in [1.29, 1.82) is 0 Å².